The average Bonchev–Trinajstić information content (AvgIpc) is 3.81. The van der Waals surface area contributed by atoms with Crippen molar-refractivity contribution in [3.8, 4) is 0 Å². The van der Waals surface area contributed by atoms with E-state index in [1.807, 2.05) is 36.4 Å². The van der Waals surface area contributed by atoms with Gasteiger partial charge in [0, 0.05) is 46.2 Å². The molecule has 0 radical (unpaired) electrons. The zero-order chi connectivity index (χ0) is 38.9. The molecule has 4 aromatic carbocycles. The summed E-state index contributed by atoms with van der Waals surface area (Å²) in [5.74, 6) is -3.34. The number of nitrogens with zero attached hydrogens (tertiary/aromatic N) is 3. The Morgan fingerprint density at radius 1 is 0.800 bits per heavy atom. The lowest BCUT2D eigenvalue weighted by Crippen LogP contribution is -2.55. The van der Waals surface area contributed by atoms with Crippen LogP contribution >= 0.6 is 23.2 Å². The molecule has 2 heterocycles. The van der Waals surface area contributed by atoms with E-state index in [-0.39, 0.29) is 38.0 Å². The number of carbonyl (C=O) groups is 3. The number of aromatic nitrogens is 2. The maximum absolute atomic E-state index is 14.2. The minimum atomic E-state index is -1.30. The second-order valence-electron chi connectivity index (χ2n) is 13.5. The van der Waals surface area contributed by atoms with Gasteiger partial charge >= 0.3 is 6.03 Å². The van der Waals surface area contributed by atoms with E-state index in [2.05, 4.69) is 26.2 Å². The SMILES string of the molecule is NCC[C@H](NC(=O)[C@H](Cc1ccc(F)c(F)c1)NC(=O)Nc1ccc2c(CN3CCCC3)nn(Cc3c(Cl)cccc3Cl)c2c1)C(=O)NCc1ccccc1. The molecule has 11 nitrogen and oxygen atoms in total. The molecule has 15 heteroatoms. The summed E-state index contributed by atoms with van der Waals surface area (Å²) in [6, 6.07) is 20.1. The summed E-state index contributed by atoms with van der Waals surface area (Å²) >= 11 is 13.1. The third kappa shape index (κ3) is 10.4. The number of fused-ring (bicyclic) bond motifs is 1. The molecule has 2 atom stereocenters. The van der Waals surface area contributed by atoms with Crippen LogP contribution in [0.4, 0.5) is 19.3 Å². The first kappa shape index (κ1) is 39.6. The Hall–Kier alpha value is -5.08. The predicted octanol–water partition coefficient (Wildman–Crippen LogP) is 6.15. The molecule has 1 saturated heterocycles. The first-order valence-electron chi connectivity index (χ1n) is 18.1. The van der Waals surface area contributed by atoms with Crippen LogP contribution in [0.2, 0.25) is 10.0 Å². The number of benzene rings is 4. The van der Waals surface area contributed by atoms with E-state index in [1.54, 1.807) is 35.0 Å². The van der Waals surface area contributed by atoms with E-state index < -0.39 is 41.6 Å². The van der Waals surface area contributed by atoms with Gasteiger partial charge in [0.25, 0.3) is 0 Å². The normalized spacial score (nSPS) is 14.1. The van der Waals surface area contributed by atoms with E-state index >= 15 is 0 Å². The molecule has 0 unspecified atom stereocenters. The zero-order valence-electron chi connectivity index (χ0n) is 30.0. The van der Waals surface area contributed by atoms with Gasteiger partial charge in [-0.1, -0.05) is 65.7 Å². The fraction of sp³-hybridized carbons (Fsp3) is 0.300. The van der Waals surface area contributed by atoms with Gasteiger partial charge in [0.05, 0.1) is 17.8 Å². The number of nitrogens with two attached hydrogens (primary N) is 1. The van der Waals surface area contributed by atoms with Crippen LogP contribution in [0.25, 0.3) is 10.9 Å². The second-order valence-corrected chi connectivity index (χ2v) is 14.3. The van der Waals surface area contributed by atoms with Crippen molar-refractivity contribution >= 4 is 57.6 Å². The minimum Gasteiger partial charge on any atom is -0.350 e. The highest BCUT2D eigenvalue weighted by Gasteiger charge is 2.28. The summed E-state index contributed by atoms with van der Waals surface area (Å²) in [6.45, 7) is 3.22. The molecule has 6 rings (SSSR count). The fourth-order valence-electron chi connectivity index (χ4n) is 6.60. The highest BCUT2D eigenvalue weighted by Crippen LogP contribution is 2.29. The molecule has 5 aromatic rings. The molecule has 1 aliphatic rings. The number of likely N-dealkylation sites (tertiary alicyclic amines) is 1. The van der Waals surface area contributed by atoms with Gasteiger partial charge in [0.2, 0.25) is 11.8 Å². The lowest BCUT2D eigenvalue weighted by atomic mass is 10.0. The van der Waals surface area contributed by atoms with E-state index in [9.17, 15) is 23.2 Å². The van der Waals surface area contributed by atoms with Gasteiger partial charge < -0.3 is 27.0 Å². The third-order valence-corrected chi connectivity index (χ3v) is 10.2. The van der Waals surface area contributed by atoms with Crippen molar-refractivity contribution in [1.29, 1.82) is 0 Å². The van der Waals surface area contributed by atoms with Crippen molar-refractivity contribution in [2.24, 2.45) is 5.73 Å². The number of carbonyl (C=O) groups excluding carboxylic acids is 3. The minimum absolute atomic E-state index is 0.0902. The van der Waals surface area contributed by atoms with Gasteiger partial charge in [-0.3, -0.25) is 19.2 Å². The molecule has 1 aliphatic heterocycles. The molecule has 0 spiro atoms. The van der Waals surface area contributed by atoms with Gasteiger partial charge in [0.15, 0.2) is 11.6 Å². The molecule has 0 aliphatic carbocycles. The molecular formula is C40H42Cl2F2N8O3. The number of halogens is 4. The number of hydrogen-bond donors (Lipinski definition) is 5. The van der Waals surface area contributed by atoms with Gasteiger partial charge in [-0.2, -0.15) is 5.10 Å². The summed E-state index contributed by atoms with van der Waals surface area (Å²) < 4.78 is 29.8. The van der Waals surface area contributed by atoms with Crippen LogP contribution in [-0.4, -0.2) is 64.2 Å². The number of nitrogens with one attached hydrogen (secondary N) is 4. The average molecular weight is 792 g/mol. The van der Waals surface area contributed by atoms with Crippen molar-refractivity contribution < 1.29 is 23.2 Å². The molecule has 288 valence electrons. The Morgan fingerprint density at radius 2 is 1.55 bits per heavy atom. The Labute approximate surface area is 327 Å². The predicted molar refractivity (Wildman–Crippen MR) is 210 cm³/mol. The van der Waals surface area contributed by atoms with Crippen molar-refractivity contribution in [2.75, 3.05) is 25.0 Å². The van der Waals surface area contributed by atoms with Gasteiger partial charge in [-0.25, -0.2) is 13.6 Å². The first-order chi connectivity index (χ1) is 26.6. The first-order valence-corrected chi connectivity index (χ1v) is 18.8. The summed E-state index contributed by atoms with van der Waals surface area (Å²) in [4.78, 5) is 42.8. The van der Waals surface area contributed by atoms with E-state index in [0.29, 0.717) is 27.8 Å². The van der Waals surface area contributed by atoms with Crippen LogP contribution in [-0.2, 0) is 35.6 Å². The molecule has 55 heavy (non-hydrogen) atoms. The Morgan fingerprint density at radius 3 is 2.25 bits per heavy atom. The van der Waals surface area contributed by atoms with E-state index in [0.717, 1.165) is 60.2 Å². The Kier molecular flexibility index (Phi) is 13.3. The Bertz CT molecular complexity index is 2130. The highest BCUT2D eigenvalue weighted by atomic mass is 35.5. The summed E-state index contributed by atoms with van der Waals surface area (Å²) in [5.41, 5.74) is 9.60. The number of anilines is 1. The third-order valence-electron chi connectivity index (χ3n) is 9.47. The van der Waals surface area contributed by atoms with Crippen LogP contribution in [0.15, 0.2) is 84.9 Å². The lowest BCUT2D eigenvalue weighted by Gasteiger charge is -2.23. The van der Waals surface area contributed by atoms with Crippen LogP contribution in [0.3, 0.4) is 0 Å². The van der Waals surface area contributed by atoms with Crippen molar-refractivity contribution in [3.63, 3.8) is 0 Å². The maximum Gasteiger partial charge on any atom is 0.319 e. The summed E-state index contributed by atoms with van der Waals surface area (Å²) in [6.07, 6.45) is 2.16. The fourth-order valence-corrected chi connectivity index (χ4v) is 7.11. The van der Waals surface area contributed by atoms with Gasteiger partial charge in [-0.15, -0.1) is 0 Å². The quantitative estimate of drug-likeness (QED) is 0.0861. The van der Waals surface area contributed by atoms with E-state index in [4.69, 9.17) is 34.0 Å². The smallest absolute Gasteiger partial charge is 0.319 e. The van der Waals surface area contributed by atoms with E-state index in [1.165, 1.54) is 6.07 Å². The monoisotopic (exact) mass is 790 g/mol. The topological polar surface area (TPSA) is 146 Å². The largest absolute Gasteiger partial charge is 0.350 e. The molecular weight excluding hydrogens is 749 g/mol. The van der Waals surface area contributed by atoms with Gasteiger partial charge in [-0.05, 0) is 92.5 Å². The van der Waals surface area contributed by atoms with Crippen molar-refractivity contribution in [2.45, 2.75) is 57.4 Å². The molecule has 4 amide bonds. The number of urea groups is 1. The van der Waals surface area contributed by atoms with Crippen LogP contribution in [0, 0.1) is 11.6 Å². The van der Waals surface area contributed by atoms with Crippen LogP contribution in [0.1, 0.15) is 41.6 Å². The Balaban J connectivity index is 1.22. The van der Waals surface area contributed by atoms with Crippen LogP contribution < -0.4 is 27.0 Å². The number of hydrogen-bond acceptors (Lipinski definition) is 6. The van der Waals surface area contributed by atoms with Crippen molar-refractivity contribution in [3.05, 3.63) is 129 Å². The highest BCUT2D eigenvalue weighted by molar-refractivity contribution is 6.36. The summed E-state index contributed by atoms with van der Waals surface area (Å²) in [5, 5.41) is 17.8. The second kappa shape index (κ2) is 18.5. The number of rotatable bonds is 15. The number of amides is 4. The molecule has 0 saturated carbocycles. The standard InChI is InChI=1S/C40H42Cl2F2N8O3/c41-30-9-6-10-31(42)29(30)23-52-37-21-27(12-13-28(37)36(50-52)24-51-17-4-5-18-51)47-40(55)49-35(20-26-11-14-32(43)33(44)19-26)39(54)48-34(15-16-45)38(53)46-22-25-7-2-1-3-8-25/h1-3,6-14,19,21,34-35H,4-5,15-18,20,22-24,45H2,(H,46,53)(H,48,54)(H2,47,49,55)/t34-,35-/m0/s1. The van der Waals surface area contributed by atoms with Crippen molar-refractivity contribution in [1.82, 2.24) is 30.6 Å². The van der Waals surface area contributed by atoms with Crippen LogP contribution in [0.5, 0.6) is 0 Å². The molecule has 1 fully saturated rings. The molecule has 0 bridgehead atoms. The maximum atomic E-state index is 14.2. The van der Waals surface area contributed by atoms with Gasteiger partial charge in [0.1, 0.15) is 12.1 Å². The summed E-state index contributed by atoms with van der Waals surface area (Å²) in [7, 11) is 0. The molecule has 1 aromatic heterocycles. The molecule has 6 N–H and O–H groups in total. The zero-order valence-corrected chi connectivity index (χ0v) is 31.5. The lowest BCUT2D eigenvalue weighted by molar-refractivity contribution is -0.130.